The lowest BCUT2D eigenvalue weighted by Gasteiger charge is -2.43. The number of hydrogen-bond donors (Lipinski definition) is 3. The molecule has 2 fully saturated rings. The van der Waals surface area contributed by atoms with Crippen molar-refractivity contribution in [3.05, 3.63) is 54.1 Å². The van der Waals surface area contributed by atoms with Crippen LogP contribution in [0.25, 0.3) is 0 Å². The molecule has 0 bridgehead atoms. The fourth-order valence-electron chi connectivity index (χ4n) is 4.47. The Kier molecular flexibility index (Phi) is 5.13. The van der Waals surface area contributed by atoms with E-state index in [1.165, 1.54) is 5.56 Å². The standard InChI is InChI=1S/C22H29N5O/c23-19-9-8-17(15-20(19)24)5-4-12-26-13-10-22(11-14-26)21(28)25-16-27(22)18-6-2-1-3-7-18/h1-3,6-9,15H,4-5,10-14,16,23-24H2,(H,25,28). The Balaban J connectivity index is 1.33. The molecule has 6 nitrogen and oxygen atoms in total. The topological polar surface area (TPSA) is 87.6 Å². The fourth-order valence-corrected chi connectivity index (χ4v) is 4.47. The lowest BCUT2D eigenvalue weighted by Crippen LogP contribution is -2.56. The number of amides is 1. The Morgan fingerprint density at radius 1 is 1.00 bits per heavy atom. The van der Waals surface area contributed by atoms with Crippen LogP contribution in [0.4, 0.5) is 17.1 Å². The minimum absolute atomic E-state index is 0.174. The normalized spacial score (nSPS) is 19.1. The minimum Gasteiger partial charge on any atom is -0.397 e. The summed E-state index contributed by atoms with van der Waals surface area (Å²) in [7, 11) is 0. The lowest BCUT2D eigenvalue weighted by molar-refractivity contribution is -0.125. The number of hydrogen-bond acceptors (Lipinski definition) is 5. The van der Waals surface area contributed by atoms with Crippen LogP contribution >= 0.6 is 0 Å². The van der Waals surface area contributed by atoms with Gasteiger partial charge in [-0.25, -0.2) is 0 Å². The summed E-state index contributed by atoms with van der Waals surface area (Å²) in [5.41, 5.74) is 14.9. The van der Waals surface area contributed by atoms with Crippen LogP contribution in [0, 0.1) is 0 Å². The van der Waals surface area contributed by atoms with Crippen molar-refractivity contribution >= 4 is 23.0 Å². The number of nitrogen functional groups attached to an aromatic ring is 2. The molecule has 2 aromatic carbocycles. The molecule has 1 spiro atoms. The molecular weight excluding hydrogens is 350 g/mol. The number of aryl methyl sites for hydroxylation is 1. The van der Waals surface area contributed by atoms with E-state index in [1.807, 2.05) is 30.3 Å². The van der Waals surface area contributed by atoms with Crippen LogP contribution in [0.2, 0.25) is 0 Å². The van der Waals surface area contributed by atoms with Gasteiger partial charge in [-0.1, -0.05) is 24.3 Å². The van der Waals surface area contributed by atoms with Crippen molar-refractivity contribution in [1.29, 1.82) is 0 Å². The van der Waals surface area contributed by atoms with Crippen molar-refractivity contribution in [1.82, 2.24) is 10.2 Å². The van der Waals surface area contributed by atoms with Crippen LogP contribution in [-0.2, 0) is 11.2 Å². The van der Waals surface area contributed by atoms with Crippen molar-refractivity contribution in [2.75, 3.05) is 42.7 Å². The third kappa shape index (κ3) is 3.52. The first-order valence-corrected chi connectivity index (χ1v) is 10.1. The summed E-state index contributed by atoms with van der Waals surface area (Å²) in [6.07, 6.45) is 3.79. The number of carbonyl (C=O) groups is 1. The highest BCUT2D eigenvalue weighted by molar-refractivity contribution is 5.93. The van der Waals surface area contributed by atoms with E-state index in [9.17, 15) is 4.79 Å². The summed E-state index contributed by atoms with van der Waals surface area (Å²) in [4.78, 5) is 17.4. The molecule has 2 aliphatic heterocycles. The van der Waals surface area contributed by atoms with Crippen LogP contribution in [0.3, 0.4) is 0 Å². The molecule has 0 aliphatic carbocycles. The van der Waals surface area contributed by atoms with E-state index in [0.717, 1.165) is 51.0 Å². The summed E-state index contributed by atoms with van der Waals surface area (Å²) in [6, 6.07) is 16.2. The minimum atomic E-state index is -0.400. The van der Waals surface area contributed by atoms with Gasteiger partial charge in [0.05, 0.1) is 18.0 Å². The van der Waals surface area contributed by atoms with Crippen LogP contribution in [0.1, 0.15) is 24.8 Å². The smallest absolute Gasteiger partial charge is 0.247 e. The number of likely N-dealkylation sites (tertiary alicyclic amines) is 1. The van der Waals surface area contributed by atoms with Gasteiger partial charge >= 0.3 is 0 Å². The third-order valence-electron chi connectivity index (χ3n) is 6.18. The maximum Gasteiger partial charge on any atom is 0.247 e. The van der Waals surface area contributed by atoms with Crippen molar-refractivity contribution in [2.24, 2.45) is 0 Å². The number of para-hydroxylation sites is 1. The number of carbonyl (C=O) groups excluding carboxylic acids is 1. The molecule has 28 heavy (non-hydrogen) atoms. The molecule has 6 heteroatoms. The van der Waals surface area contributed by atoms with Crippen LogP contribution in [0.5, 0.6) is 0 Å². The van der Waals surface area contributed by atoms with Gasteiger partial charge in [0.25, 0.3) is 0 Å². The van der Waals surface area contributed by atoms with Crippen molar-refractivity contribution in [3.8, 4) is 0 Å². The lowest BCUT2D eigenvalue weighted by atomic mass is 9.85. The zero-order valence-electron chi connectivity index (χ0n) is 16.2. The Hall–Kier alpha value is -2.73. The second-order valence-electron chi connectivity index (χ2n) is 7.87. The highest BCUT2D eigenvalue weighted by Gasteiger charge is 2.50. The highest BCUT2D eigenvalue weighted by Crippen LogP contribution is 2.36. The second-order valence-corrected chi connectivity index (χ2v) is 7.87. The fraction of sp³-hybridized carbons (Fsp3) is 0.409. The number of nitrogens with one attached hydrogen (secondary N) is 1. The largest absolute Gasteiger partial charge is 0.397 e. The molecule has 2 saturated heterocycles. The molecule has 148 valence electrons. The van der Waals surface area contributed by atoms with Crippen molar-refractivity contribution in [3.63, 3.8) is 0 Å². The molecule has 2 aromatic rings. The summed E-state index contributed by atoms with van der Waals surface area (Å²) in [6.45, 7) is 3.52. The molecule has 2 heterocycles. The molecule has 0 atom stereocenters. The summed E-state index contributed by atoms with van der Waals surface area (Å²) in [5, 5.41) is 3.06. The molecular formula is C22H29N5O. The van der Waals surface area contributed by atoms with E-state index < -0.39 is 5.54 Å². The quantitative estimate of drug-likeness (QED) is 0.694. The predicted octanol–water partition coefficient (Wildman–Crippen LogP) is 2.21. The van der Waals surface area contributed by atoms with Crippen LogP contribution < -0.4 is 21.7 Å². The van der Waals surface area contributed by atoms with Crippen molar-refractivity contribution in [2.45, 2.75) is 31.2 Å². The number of anilines is 3. The molecule has 2 aliphatic rings. The van der Waals surface area contributed by atoms with Gasteiger partial charge in [-0.05, 0) is 62.1 Å². The van der Waals surface area contributed by atoms with E-state index in [1.54, 1.807) is 0 Å². The maximum atomic E-state index is 12.7. The van der Waals surface area contributed by atoms with Gasteiger partial charge < -0.3 is 26.6 Å². The average Bonchev–Trinajstić information content (AvgIpc) is 3.03. The monoisotopic (exact) mass is 379 g/mol. The van der Waals surface area contributed by atoms with Gasteiger partial charge in [0, 0.05) is 18.8 Å². The maximum absolute atomic E-state index is 12.7. The van der Waals surface area contributed by atoms with Gasteiger partial charge in [0.2, 0.25) is 5.91 Å². The Morgan fingerprint density at radius 3 is 2.46 bits per heavy atom. The third-order valence-corrected chi connectivity index (χ3v) is 6.18. The average molecular weight is 380 g/mol. The molecule has 0 saturated carbocycles. The van der Waals surface area contributed by atoms with E-state index >= 15 is 0 Å². The number of rotatable bonds is 5. The number of nitrogens with zero attached hydrogens (tertiary/aromatic N) is 2. The van der Waals surface area contributed by atoms with Gasteiger partial charge in [0.1, 0.15) is 5.54 Å². The van der Waals surface area contributed by atoms with Crippen LogP contribution in [0.15, 0.2) is 48.5 Å². The Labute approximate surface area is 166 Å². The number of piperidine rings is 1. The molecule has 1 amide bonds. The van der Waals surface area contributed by atoms with Gasteiger partial charge in [-0.3, -0.25) is 4.79 Å². The van der Waals surface area contributed by atoms with E-state index in [4.69, 9.17) is 11.5 Å². The summed E-state index contributed by atoms with van der Waals surface area (Å²) >= 11 is 0. The van der Waals surface area contributed by atoms with Crippen molar-refractivity contribution < 1.29 is 4.79 Å². The highest BCUT2D eigenvalue weighted by atomic mass is 16.2. The Morgan fingerprint density at radius 2 is 1.75 bits per heavy atom. The molecule has 0 aromatic heterocycles. The van der Waals surface area contributed by atoms with Gasteiger partial charge in [0.15, 0.2) is 0 Å². The summed E-state index contributed by atoms with van der Waals surface area (Å²) in [5.74, 6) is 0.174. The van der Waals surface area contributed by atoms with E-state index in [-0.39, 0.29) is 5.91 Å². The molecule has 4 rings (SSSR count). The molecule has 0 unspecified atom stereocenters. The second kappa shape index (κ2) is 7.72. The number of nitrogens with two attached hydrogens (primary N) is 2. The molecule has 5 N–H and O–H groups in total. The zero-order chi connectivity index (χ0) is 19.6. The first-order valence-electron chi connectivity index (χ1n) is 10.1. The summed E-state index contributed by atoms with van der Waals surface area (Å²) < 4.78 is 0. The zero-order valence-corrected chi connectivity index (χ0v) is 16.2. The Bertz CT molecular complexity index is 830. The predicted molar refractivity (Wildman–Crippen MR) is 114 cm³/mol. The SMILES string of the molecule is Nc1ccc(CCCN2CCC3(CC2)C(=O)NCN3c2ccccc2)cc1N. The van der Waals surface area contributed by atoms with Gasteiger partial charge in [-0.15, -0.1) is 0 Å². The first-order chi connectivity index (χ1) is 13.6. The van der Waals surface area contributed by atoms with E-state index in [2.05, 4.69) is 33.3 Å². The van der Waals surface area contributed by atoms with Crippen LogP contribution in [-0.4, -0.2) is 42.6 Å². The first kappa shape index (κ1) is 18.6. The van der Waals surface area contributed by atoms with Gasteiger partial charge in [-0.2, -0.15) is 0 Å². The van der Waals surface area contributed by atoms with E-state index in [0.29, 0.717) is 18.0 Å². The molecule has 0 radical (unpaired) electrons. The number of benzene rings is 2.